The van der Waals surface area contributed by atoms with Crippen molar-refractivity contribution in [1.82, 2.24) is 4.90 Å². The second kappa shape index (κ2) is 9.02. The highest BCUT2D eigenvalue weighted by molar-refractivity contribution is 14.1. The largest absolute Gasteiger partial charge is 0.466 e. The average Bonchev–Trinajstić information content (AvgIpc) is 2.42. The highest BCUT2D eigenvalue weighted by Gasteiger charge is 2.51. The molecule has 0 heterocycles. The minimum absolute atomic E-state index is 0.0608. The maximum absolute atomic E-state index is 12.1. The van der Waals surface area contributed by atoms with E-state index in [2.05, 4.69) is 48.5 Å². The Bertz CT molecular complexity index is 348. The second-order valence-corrected chi connectivity index (χ2v) is 9.76. The number of carbonyl (C=O) groups is 1. The summed E-state index contributed by atoms with van der Waals surface area (Å²) in [7, 11) is 4.11. The molecule has 0 aliphatic heterocycles. The van der Waals surface area contributed by atoms with Gasteiger partial charge in [0, 0.05) is 6.54 Å². The minimum Gasteiger partial charge on any atom is -0.466 e. The zero-order chi connectivity index (χ0) is 16.9. The van der Waals surface area contributed by atoms with Crippen molar-refractivity contribution in [2.45, 2.75) is 58.3 Å². The standard InChI is InChI=1S/C17H29NO2.C2H5I/c1-18(2)4-3-5-20-16(19)12-17-9-13-6-14(10-17)8-15(7-13)11-17;1-2-3/h13-15H,3-12H2,1-2H3;2H2,1H3. The average molecular weight is 435 g/mol. The van der Waals surface area contributed by atoms with Crippen LogP contribution in [-0.4, -0.2) is 42.5 Å². The van der Waals surface area contributed by atoms with Crippen LogP contribution in [0.3, 0.4) is 0 Å². The summed E-state index contributed by atoms with van der Waals surface area (Å²) in [6, 6.07) is 0. The van der Waals surface area contributed by atoms with Gasteiger partial charge in [-0.15, -0.1) is 0 Å². The molecule has 0 saturated heterocycles. The van der Waals surface area contributed by atoms with E-state index in [1.165, 1.54) is 43.0 Å². The molecule has 4 aliphatic rings. The quantitative estimate of drug-likeness (QED) is 0.266. The van der Waals surface area contributed by atoms with E-state index in [4.69, 9.17) is 4.74 Å². The molecular formula is C19H34INO2. The van der Waals surface area contributed by atoms with Crippen LogP contribution in [0.25, 0.3) is 0 Å². The van der Waals surface area contributed by atoms with Crippen LogP contribution in [-0.2, 0) is 9.53 Å². The van der Waals surface area contributed by atoms with Gasteiger partial charge >= 0.3 is 5.97 Å². The molecule has 4 saturated carbocycles. The first-order valence-corrected chi connectivity index (χ1v) is 10.8. The Morgan fingerprint density at radius 1 is 1.13 bits per heavy atom. The maximum Gasteiger partial charge on any atom is 0.306 e. The Labute approximate surface area is 156 Å². The van der Waals surface area contributed by atoms with Crippen molar-refractivity contribution in [2.75, 3.05) is 31.7 Å². The number of carbonyl (C=O) groups excluding carboxylic acids is 1. The monoisotopic (exact) mass is 435 g/mol. The molecule has 4 fully saturated rings. The van der Waals surface area contributed by atoms with Crippen molar-refractivity contribution in [3.8, 4) is 0 Å². The molecule has 0 spiro atoms. The lowest BCUT2D eigenvalue weighted by atomic mass is 9.49. The van der Waals surface area contributed by atoms with Gasteiger partial charge in [0.1, 0.15) is 0 Å². The Hall–Kier alpha value is 0.160. The van der Waals surface area contributed by atoms with Crippen molar-refractivity contribution in [1.29, 1.82) is 0 Å². The van der Waals surface area contributed by atoms with Gasteiger partial charge < -0.3 is 9.64 Å². The highest BCUT2D eigenvalue weighted by Crippen LogP contribution is 2.61. The lowest BCUT2D eigenvalue weighted by molar-refractivity contribution is -0.152. The third-order valence-electron chi connectivity index (χ3n) is 5.70. The lowest BCUT2D eigenvalue weighted by Gasteiger charge is -2.56. The summed E-state index contributed by atoms with van der Waals surface area (Å²) in [4.78, 5) is 14.3. The summed E-state index contributed by atoms with van der Waals surface area (Å²) in [5.74, 6) is 2.82. The zero-order valence-electron chi connectivity index (χ0n) is 15.2. The van der Waals surface area contributed by atoms with Crippen molar-refractivity contribution >= 4 is 28.6 Å². The number of alkyl halides is 1. The van der Waals surface area contributed by atoms with Gasteiger partial charge in [0.2, 0.25) is 0 Å². The van der Waals surface area contributed by atoms with Crippen molar-refractivity contribution in [2.24, 2.45) is 23.2 Å². The van der Waals surface area contributed by atoms with E-state index >= 15 is 0 Å². The van der Waals surface area contributed by atoms with Crippen LogP contribution in [0.1, 0.15) is 58.3 Å². The van der Waals surface area contributed by atoms with Crippen molar-refractivity contribution in [3.05, 3.63) is 0 Å². The number of hydrogen-bond acceptors (Lipinski definition) is 3. The molecular weight excluding hydrogens is 401 g/mol. The molecule has 0 aromatic carbocycles. The normalized spacial score (nSPS) is 34.2. The van der Waals surface area contributed by atoms with Crippen LogP contribution in [0.5, 0.6) is 0 Å². The predicted molar refractivity (Wildman–Crippen MR) is 104 cm³/mol. The molecule has 4 bridgehead atoms. The lowest BCUT2D eigenvalue weighted by Crippen LogP contribution is -2.47. The van der Waals surface area contributed by atoms with E-state index in [9.17, 15) is 4.79 Å². The van der Waals surface area contributed by atoms with Crippen LogP contribution in [0.15, 0.2) is 0 Å². The van der Waals surface area contributed by atoms with E-state index in [0.29, 0.717) is 18.4 Å². The van der Waals surface area contributed by atoms with Crippen LogP contribution >= 0.6 is 22.6 Å². The molecule has 0 aromatic heterocycles. The molecule has 0 N–H and O–H groups in total. The number of rotatable bonds is 6. The Balaban J connectivity index is 0.000000595. The summed E-state index contributed by atoms with van der Waals surface area (Å²) in [5.41, 5.74) is 0.327. The molecule has 0 unspecified atom stereocenters. The number of hydrogen-bond donors (Lipinski definition) is 0. The molecule has 4 aliphatic carbocycles. The topological polar surface area (TPSA) is 29.5 Å². The third-order valence-corrected chi connectivity index (χ3v) is 5.70. The van der Waals surface area contributed by atoms with Crippen LogP contribution in [0.2, 0.25) is 0 Å². The van der Waals surface area contributed by atoms with Gasteiger partial charge in [0.15, 0.2) is 0 Å². The van der Waals surface area contributed by atoms with Crippen molar-refractivity contribution in [3.63, 3.8) is 0 Å². The zero-order valence-corrected chi connectivity index (χ0v) is 17.3. The molecule has 134 valence electrons. The highest BCUT2D eigenvalue weighted by atomic mass is 127. The molecule has 0 aromatic rings. The first-order valence-electron chi connectivity index (χ1n) is 9.32. The number of halogens is 1. The van der Waals surface area contributed by atoms with Gasteiger partial charge in [-0.3, -0.25) is 4.79 Å². The van der Waals surface area contributed by atoms with E-state index in [-0.39, 0.29) is 5.97 Å². The van der Waals surface area contributed by atoms with E-state index < -0.39 is 0 Å². The van der Waals surface area contributed by atoms with Crippen LogP contribution < -0.4 is 0 Å². The molecule has 4 rings (SSSR count). The molecule has 23 heavy (non-hydrogen) atoms. The number of esters is 1. The molecule has 3 nitrogen and oxygen atoms in total. The summed E-state index contributed by atoms with van der Waals surface area (Å²) >= 11 is 2.29. The van der Waals surface area contributed by atoms with Gasteiger partial charge in [0.05, 0.1) is 13.0 Å². The fourth-order valence-corrected chi connectivity index (χ4v) is 5.43. The molecule has 0 atom stereocenters. The summed E-state index contributed by atoms with van der Waals surface area (Å²) < 4.78 is 6.69. The van der Waals surface area contributed by atoms with E-state index in [1.54, 1.807) is 0 Å². The third kappa shape index (κ3) is 5.87. The van der Waals surface area contributed by atoms with Gasteiger partial charge in [-0.2, -0.15) is 0 Å². The second-order valence-electron chi connectivity index (χ2n) is 8.24. The van der Waals surface area contributed by atoms with Gasteiger partial charge in [0.25, 0.3) is 0 Å². The van der Waals surface area contributed by atoms with Gasteiger partial charge in [-0.25, -0.2) is 0 Å². The smallest absolute Gasteiger partial charge is 0.306 e. The van der Waals surface area contributed by atoms with E-state index in [1.807, 2.05) is 0 Å². The molecule has 0 amide bonds. The SMILES string of the molecule is CCI.CN(C)CCCOC(=O)CC12CC3CC(CC(C3)C1)C2. The summed E-state index contributed by atoms with van der Waals surface area (Å²) in [6.07, 6.45) is 9.85. The summed E-state index contributed by atoms with van der Waals surface area (Å²) in [6.45, 7) is 3.69. The van der Waals surface area contributed by atoms with Crippen LogP contribution in [0.4, 0.5) is 0 Å². The predicted octanol–water partition coefficient (Wildman–Crippen LogP) is 4.53. The Kier molecular flexibility index (Phi) is 7.64. The molecule has 4 heteroatoms. The van der Waals surface area contributed by atoms with E-state index in [0.717, 1.165) is 30.7 Å². The Morgan fingerprint density at radius 2 is 1.61 bits per heavy atom. The van der Waals surface area contributed by atoms with Crippen LogP contribution in [0, 0.1) is 23.2 Å². The summed E-state index contributed by atoms with van der Waals surface area (Å²) in [5, 5.41) is 0. The minimum atomic E-state index is 0.0608. The first-order chi connectivity index (χ1) is 11.0. The van der Waals surface area contributed by atoms with Gasteiger partial charge in [-0.1, -0.05) is 29.5 Å². The maximum atomic E-state index is 12.1. The Morgan fingerprint density at radius 3 is 2.04 bits per heavy atom. The van der Waals surface area contributed by atoms with Gasteiger partial charge in [-0.05, 0) is 86.6 Å². The fraction of sp³-hybridized carbons (Fsp3) is 0.947. The molecule has 0 radical (unpaired) electrons. The first kappa shape index (κ1) is 19.5. The fourth-order valence-electron chi connectivity index (χ4n) is 5.43. The van der Waals surface area contributed by atoms with Crippen molar-refractivity contribution < 1.29 is 9.53 Å². The number of ether oxygens (including phenoxy) is 1. The number of nitrogens with zero attached hydrogens (tertiary/aromatic N) is 1.